The molecule has 0 fully saturated rings. The van der Waals surface area contributed by atoms with E-state index in [0.717, 1.165) is 15.9 Å². The second-order valence-corrected chi connectivity index (χ2v) is 4.16. The number of aromatic nitrogens is 3. The van der Waals surface area contributed by atoms with Crippen LogP contribution < -0.4 is 5.32 Å². The summed E-state index contributed by atoms with van der Waals surface area (Å²) >= 11 is 3.42. The Morgan fingerprint density at radius 3 is 3.00 bits per heavy atom. The Bertz CT molecular complexity index is 452. The summed E-state index contributed by atoms with van der Waals surface area (Å²) in [4.78, 5) is 0. The predicted octanol–water partition coefficient (Wildman–Crippen LogP) is 2.19. The van der Waals surface area contributed by atoms with Gasteiger partial charge in [0.05, 0.1) is 6.54 Å². The highest BCUT2D eigenvalue weighted by atomic mass is 79.9. The summed E-state index contributed by atoms with van der Waals surface area (Å²) in [5, 5.41) is 11.1. The fraction of sp³-hybridized carbons (Fsp3) is 0.200. The first-order chi connectivity index (χ1) is 7.24. The number of hydrogen-bond donors (Lipinski definition) is 1. The first kappa shape index (κ1) is 10.2. The summed E-state index contributed by atoms with van der Waals surface area (Å²) in [5.74, 6) is 0. The normalized spacial score (nSPS) is 10.3. The molecule has 15 heavy (non-hydrogen) atoms. The van der Waals surface area contributed by atoms with Gasteiger partial charge in [0.2, 0.25) is 0 Å². The van der Waals surface area contributed by atoms with Gasteiger partial charge in [-0.15, -0.1) is 5.10 Å². The van der Waals surface area contributed by atoms with Crippen LogP contribution in [0, 0.1) is 0 Å². The third-order valence-corrected chi connectivity index (χ3v) is 2.44. The van der Waals surface area contributed by atoms with Crippen LogP contribution in [0.25, 0.3) is 0 Å². The zero-order valence-electron chi connectivity index (χ0n) is 8.31. The van der Waals surface area contributed by atoms with Crippen molar-refractivity contribution in [3.8, 4) is 0 Å². The maximum Gasteiger partial charge on any atom is 0.102 e. The van der Waals surface area contributed by atoms with Crippen LogP contribution in [0.3, 0.4) is 0 Å². The molecule has 2 aromatic rings. The molecule has 0 atom stereocenters. The van der Waals surface area contributed by atoms with Gasteiger partial charge in [0.25, 0.3) is 0 Å². The van der Waals surface area contributed by atoms with Gasteiger partial charge < -0.3 is 5.32 Å². The Hall–Kier alpha value is -1.36. The van der Waals surface area contributed by atoms with Gasteiger partial charge in [-0.05, 0) is 18.2 Å². The molecule has 0 amide bonds. The molecule has 2 rings (SSSR count). The Kier molecular flexibility index (Phi) is 3.01. The molecule has 0 aliphatic heterocycles. The lowest BCUT2D eigenvalue weighted by Crippen LogP contribution is -1.99. The maximum absolute atomic E-state index is 3.99. The number of halogens is 1. The van der Waals surface area contributed by atoms with E-state index in [0.29, 0.717) is 6.54 Å². The van der Waals surface area contributed by atoms with E-state index >= 15 is 0 Å². The molecule has 5 heteroatoms. The zero-order valence-corrected chi connectivity index (χ0v) is 9.90. The lowest BCUT2D eigenvalue weighted by Gasteiger charge is -2.03. The van der Waals surface area contributed by atoms with Gasteiger partial charge in [-0.2, -0.15) is 0 Å². The van der Waals surface area contributed by atoms with E-state index in [4.69, 9.17) is 0 Å². The molecule has 0 unspecified atom stereocenters. The van der Waals surface area contributed by atoms with Crippen LogP contribution in [0.1, 0.15) is 5.69 Å². The van der Waals surface area contributed by atoms with Crippen LogP contribution in [0.2, 0.25) is 0 Å². The summed E-state index contributed by atoms with van der Waals surface area (Å²) in [7, 11) is 1.86. The van der Waals surface area contributed by atoms with Crippen molar-refractivity contribution in [1.29, 1.82) is 0 Å². The summed E-state index contributed by atoms with van der Waals surface area (Å²) in [6, 6.07) is 8.02. The molecule has 0 spiro atoms. The van der Waals surface area contributed by atoms with Gasteiger partial charge >= 0.3 is 0 Å². The van der Waals surface area contributed by atoms with Crippen molar-refractivity contribution in [1.82, 2.24) is 15.0 Å². The standard InChI is InChI=1S/C10H11BrN4/c1-15-7-10(13-14-15)6-12-9-4-2-3-8(11)5-9/h2-5,7,12H,6H2,1H3. The van der Waals surface area contributed by atoms with Crippen LogP contribution in [0.15, 0.2) is 34.9 Å². The third-order valence-electron chi connectivity index (χ3n) is 1.95. The van der Waals surface area contributed by atoms with Crippen molar-refractivity contribution in [2.75, 3.05) is 5.32 Å². The van der Waals surface area contributed by atoms with Gasteiger partial charge in [0.1, 0.15) is 5.69 Å². The molecule has 0 aliphatic carbocycles. The average Bonchev–Trinajstić information content (AvgIpc) is 2.62. The SMILES string of the molecule is Cn1cc(CNc2cccc(Br)c2)nn1. The monoisotopic (exact) mass is 266 g/mol. The smallest absolute Gasteiger partial charge is 0.102 e. The van der Waals surface area contributed by atoms with Crippen LogP contribution >= 0.6 is 15.9 Å². The molecule has 0 aliphatic rings. The van der Waals surface area contributed by atoms with E-state index in [2.05, 4.69) is 31.6 Å². The highest BCUT2D eigenvalue weighted by Gasteiger charge is 1.98. The van der Waals surface area contributed by atoms with Crippen molar-refractivity contribution in [3.63, 3.8) is 0 Å². The van der Waals surface area contributed by atoms with Crippen molar-refractivity contribution >= 4 is 21.6 Å². The lowest BCUT2D eigenvalue weighted by atomic mass is 10.3. The molecule has 1 aromatic carbocycles. The number of benzene rings is 1. The summed E-state index contributed by atoms with van der Waals surface area (Å²) < 4.78 is 2.75. The molecule has 1 aromatic heterocycles. The number of anilines is 1. The number of nitrogens with one attached hydrogen (secondary N) is 1. The van der Waals surface area contributed by atoms with Crippen molar-refractivity contribution in [2.24, 2.45) is 7.05 Å². The summed E-state index contributed by atoms with van der Waals surface area (Å²) in [6.45, 7) is 0.685. The van der Waals surface area contributed by atoms with E-state index in [9.17, 15) is 0 Å². The van der Waals surface area contributed by atoms with Crippen molar-refractivity contribution in [2.45, 2.75) is 6.54 Å². The topological polar surface area (TPSA) is 42.7 Å². The van der Waals surface area contributed by atoms with Gasteiger partial charge in [-0.25, -0.2) is 0 Å². The quantitative estimate of drug-likeness (QED) is 0.926. The second kappa shape index (κ2) is 4.44. The fourth-order valence-electron chi connectivity index (χ4n) is 1.27. The van der Waals surface area contributed by atoms with Crippen molar-refractivity contribution < 1.29 is 0 Å². The minimum absolute atomic E-state index is 0.685. The molecule has 0 saturated heterocycles. The zero-order chi connectivity index (χ0) is 10.7. The van der Waals surface area contributed by atoms with E-state index in [1.165, 1.54) is 0 Å². The van der Waals surface area contributed by atoms with Crippen LogP contribution in [0.5, 0.6) is 0 Å². The molecule has 0 radical (unpaired) electrons. The number of rotatable bonds is 3. The van der Waals surface area contributed by atoms with E-state index in [1.807, 2.05) is 37.5 Å². The second-order valence-electron chi connectivity index (χ2n) is 3.25. The molecule has 4 nitrogen and oxygen atoms in total. The summed E-state index contributed by atoms with van der Waals surface area (Å²) in [5.41, 5.74) is 1.99. The van der Waals surface area contributed by atoms with E-state index in [1.54, 1.807) is 4.68 Å². The van der Waals surface area contributed by atoms with Crippen LogP contribution in [0.4, 0.5) is 5.69 Å². The molecular weight excluding hydrogens is 256 g/mol. The highest BCUT2D eigenvalue weighted by Crippen LogP contribution is 2.15. The minimum Gasteiger partial charge on any atom is -0.379 e. The average molecular weight is 267 g/mol. The Morgan fingerprint density at radius 2 is 2.33 bits per heavy atom. The third kappa shape index (κ3) is 2.79. The Morgan fingerprint density at radius 1 is 1.47 bits per heavy atom. The molecule has 0 saturated carbocycles. The van der Waals surface area contributed by atoms with Gasteiger partial charge in [-0.1, -0.05) is 27.2 Å². The van der Waals surface area contributed by atoms with Gasteiger partial charge in [0.15, 0.2) is 0 Å². The highest BCUT2D eigenvalue weighted by molar-refractivity contribution is 9.10. The van der Waals surface area contributed by atoms with E-state index in [-0.39, 0.29) is 0 Å². The summed E-state index contributed by atoms with van der Waals surface area (Å²) in [6.07, 6.45) is 1.89. The Labute approximate surface area is 96.4 Å². The fourth-order valence-corrected chi connectivity index (χ4v) is 1.67. The maximum atomic E-state index is 3.99. The van der Waals surface area contributed by atoms with Gasteiger partial charge in [0, 0.05) is 23.4 Å². The minimum atomic E-state index is 0.685. The van der Waals surface area contributed by atoms with Crippen molar-refractivity contribution in [3.05, 3.63) is 40.6 Å². The molecule has 1 heterocycles. The van der Waals surface area contributed by atoms with Crippen LogP contribution in [-0.4, -0.2) is 15.0 Å². The first-order valence-corrected chi connectivity index (χ1v) is 5.38. The molecular formula is C10H11BrN4. The molecule has 78 valence electrons. The molecule has 0 bridgehead atoms. The number of nitrogens with zero attached hydrogens (tertiary/aromatic N) is 3. The van der Waals surface area contributed by atoms with Crippen LogP contribution in [-0.2, 0) is 13.6 Å². The lowest BCUT2D eigenvalue weighted by molar-refractivity contribution is 0.713. The first-order valence-electron chi connectivity index (χ1n) is 4.59. The molecule has 1 N–H and O–H groups in total. The van der Waals surface area contributed by atoms with E-state index < -0.39 is 0 Å². The number of aryl methyl sites for hydroxylation is 1. The predicted molar refractivity (Wildman–Crippen MR) is 62.5 cm³/mol. The van der Waals surface area contributed by atoms with Gasteiger partial charge in [-0.3, -0.25) is 4.68 Å². The Balaban J connectivity index is 1.99. The largest absolute Gasteiger partial charge is 0.379 e. The number of hydrogen-bond acceptors (Lipinski definition) is 3.